The zero-order valence-corrected chi connectivity index (χ0v) is 10.9. The van der Waals surface area contributed by atoms with Crippen molar-refractivity contribution in [3.05, 3.63) is 60.2 Å². The van der Waals surface area contributed by atoms with Crippen LogP contribution in [0.2, 0.25) is 0 Å². The van der Waals surface area contributed by atoms with Crippen molar-refractivity contribution in [1.29, 1.82) is 0 Å². The Labute approximate surface area is 114 Å². The first-order chi connectivity index (χ1) is 9.33. The van der Waals surface area contributed by atoms with Gasteiger partial charge in [0.2, 0.25) is 0 Å². The van der Waals surface area contributed by atoms with E-state index in [0.717, 1.165) is 29.2 Å². The molecule has 0 radical (unpaired) electrons. The molecule has 0 aromatic heterocycles. The summed E-state index contributed by atoms with van der Waals surface area (Å²) in [6, 6.07) is 17.7. The molecule has 0 atom stereocenters. The molecule has 1 N–H and O–H groups in total. The highest BCUT2D eigenvalue weighted by atomic mass is 15.0. The van der Waals surface area contributed by atoms with E-state index in [2.05, 4.69) is 23.2 Å². The van der Waals surface area contributed by atoms with Crippen molar-refractivity contribution in [1.82, 2.24) is 0 Å². The Morgan fingerprint density at radius 3 is 2.47 bits per heavy atom. The molecule has 0 amide bonds. The first-order valence-electron chi connectivity index (χ1n) is 6.28. The first kappa shape index (κ1) is 12.9. The molecular weight excluding hydrogens is 232 g/mol. The van der Waals surface area contributed by atoms with Crippen molar-refractivity contribution in [2.24, 2.45) is 4.99 Å². The van der Waals surface area contributed by atoms with Crippen molar-refractivity contribution in [2.75, 3.05) is 5.32 Å². The second kappa shape index (κ2) is 6.42. The predicted octanol–water partition coefficient (Wildman–Crippen LogP) is 4.22. The van der Waals surface area contributed by atoms with Gasteiger partial charge >= 0.3 is 0 Å². The number of nitrogens with one attached hydrogen (secondary N) is 1. The Balaban J connectivity index is 2.27. The monoisotopic (exact) mass is 248 g/mol. The Kier molecular flexibility index (Phi) is 4.36. The molecule has 2 aromatic carbocycles. The molecule has 2 rings (SSSR count). The summed E-state index contributed by atoms with van der Waals surface area (Å²) < 4.78 is 0. The summed E-state index contributed by atoms with van der Waals surface area (Å²) in [6.07, 6.45) is 6.29. The second-order valence-electron chi connectivity index (χ2n) is 4.06. The van der Waals surface area contributed by atoms with Gasteiger partial charge in [-0.05, 0) is 24.3 Å². The summed E-state index contributed by atoms with van der Waals surface area (Å²) in [5.41, 5.74) is 2.66. The van der Waals surface area contributed by atoms with Crippen LogP contribution in [0.4, 0.5) is 11.4 Å². The van der Waals surface area contributed by atoms with Crippen molar-refractivity contribution in [3.63, 3.8) is 0 Å². The lowest BCUT2D eigenvalue weighted by atomic mass is 10.2. The fourth-order valence-corrected chi connectivity index (χ4v) is 1.72. The molecule has 19 heavy (non-hydrogen) atoms. The molecule has 0 unspecified atom stereocenters. The Morgan fingerprint density at radius 2 is 1.79 bits per heavy atom. The highest BCUT2D eigenvalue weighted by Crippen LogP contribution is 2.18. The Morgan fingerprint density at radius 1 is 1.11 bits per heavy atom. The van der Waals surface area contributed by atoms with Crippen LogP contribution in [0.1, 0.15) is 18.9 Å². The summed E-state index contributed by atoms with van der Waals surface area (Å²) in [5, 5.41) is 3.31. The van der Waals surface area contributed by atoms with Crippen molar-refractivity contribution >= 4 is 17.2 Å². The van der Waals surface area contributed by atoms with E-state index in [1.54, 1.807) is 0 Å². The standard InChI is InChI=1S/C17H16N2/c1-3-14-10-8-9-13-16(14)19-17(4-2)18-15-11-6-5-7-12-15/h1,5-13H,4H2,2H3,(H,18,19). The van der Waals surface area contributed by atoms with Crippen LogP contribution in [0.5, 0.6) is 0 Å². The molecule has 0 heterocycles. The molecule has 2 aromatic rings. The fourth-order valence-electron chi connectivity index (χ4n) is 1.72. The minimum absolute atomic E-state index is 0.809. The molecule has 2 nitrogen and oxygen atoms in total. The molecule has 2 heteroatoms. The highest BCUT2D eigenvalue weighted by Gasteiger charge is 2.01. The Hall–Kier alpha value is -2.53. The third-order valence-electron chi connectivity index (χ3n) is 2.71. The molecule has 0 fully saturated rings. The van der Waals surface area contributed by atoms with E-state index in [9.17, 15) is 0 Å². The van der Waals surface area contributed by atoms with Gasteiger partial charge in [0, 0.05) is 17.7 Å². The third kappa shape index (κ3) is 3.46. The molecule has 0 aliphatic rings. The summed E-state index contributed by atoms with van der Waals surface area (Å²) >= 11 is 0. The van der Waals surface area contributed by atoms with E-state index in [-0.39, 0.29) is 0 Å². The molecule has 0 saturated heterocycles. The number of amidine groups is 1. The van der Waals surface area contributed by atoms with Crippen LogP contribution in [0.25, 0.3) is 0 Å². The van der Waals surface area contributed by atoms with Crippen LogP contribution >= 0.6 is 0 Å². The highest BCUT2D eigenvalue weighted by molar-refractivity contribution is 5.97. The molecule has 0 spiro atoms. The maximum Gasteiger partial charge on any atom is 0.106 e. The lowest BCUT2D eigenvalue weighted by Crippen LogP contribution is -2.10. The third-order valence-corrected chi connectivity index (χ3v) is 2.71. The summed E-state index contributed by atoms with van der Waals surface area (Å²) in [6.45, 7) is 2.06. The fraction of sp³-hybridized carbons (Fsp3) is 0.118. The van der Waals surface area contributed by atoms with Gasteiger partial charge < -0.3 is 5.32 Å². The van der Waals surface area contributed by atoms with Crippen molar-refractivity contribution in [2.45, 2.75) is 13.3 Å². The quantitative estimate of drug-likeness (QED) is 0.491. The van der Waals surface area contributed by atoms with Gasteiger partial charge in [-0.3, -0.25) is 0 Å². The van der Waals surface area contributed by atoms with Gasteiger partial charge in [0.25, 0.3) is 0 Å². The number of benzene rings is 2. The second-order valence-corrected chi connectivity index (χ2v) is 4.06. The number of para-hydroxylation sites is 2. The number of hydrogen-bond acceptors (Lipinski definition) is 1. The molecular formula is C17H16N2. The van der Waals surface area contributed by atoms with Crippen molar-refractivity contribution in [3.8, 4) is 12.3 Å². The van der Waals surface area contributed by atoms with Gasteiger partial charge in [-0.15, -0.1) is 6.42 Å². The topological polar surface area (TPSA) is 24.4 Å². The maximum atomic E-state index is 5.48. The first-order valence-corrected chi connectivity index (χ1v) is 6.28. The predicted molar refractivity (Wildman–Crippen MR) is 81.8 cm³/mol. The molecule has 0 bridgehead atoms. The SMILES string of the molecule is C#Cc1ccccc1N=C(CC)Nc1ccccc1. The zero-order chi connectivity index (χ0) is 13.5. The van der Waals surface area contributed by atoms with E-state index in [1.807, 2.05) is 54.6 Å². The van der Waals surface area contributed by atoms with Gasteiger partial charge in [-0.25, -0.2) is 4.99 Å². The van der Waals surface area contributed by atoms with E-state index < -0.39 is 0 Å². The van der Waals surface area contributed by atoms with Gasteiger partial charge in [0.1, 0.15) is 5.84 Å². The maximum absolute atomic E-state index is 5.48. The van der Waals surface area contributed by atoms with E-state index >= 15 is 0 Å². The smallest absolute Gasteiger partial charge is 0.106 e. The van der Waals surface area contributed by atoms with Crippen molar-refractivity contribution < 1.29 is 0 Å². The van der Waals surface area contributed by atoms with E-state index in [1.165, 1.54) is 0 Å². The van der Waals surface area contributed by atoms with Gasteiger partial charge in [0.05, 0.1) is 5.69 Å². The molecule has 0 saturated carbocycles. The number of anilines is 1. The molecule has 94 valence electrons. The summed E-state index contributed by atoms with van der Waals surface area (Å²) in [4.78, 5) is 4.61. The summed E-state index contributed by atoms with van der Waals surface area (Å²) in [7, 11) is 0. The lowest BCUT2D eigenvalue weighted by molar-refractivity contribution is 1.25. The average molecular weight is 248 g/mol. The van der Waals surface area contributed by atoms with E-state index in [4.69, 9.17) is 6.42 Å². The average Bonchev–Trinajstić information content (AvgIpc) is 2.48. The molecule has 0 aliphatic heterocycles. The number of aliphatic imine (C=N–C) groups is 1. The largest absolute Gasteiger partial charge is 0.344 e. The van der Waals surface area contributed by atoms with Crippen LogP contribution in [0, 0.1) is 12.3 Å². The van der Waals surface area contributed by atoms with Crippen LogP contribution in [0.15, 0.2) is 59.6 Å². The Bertz CT molecular complexity index is 607. The van der Waals surface area contributed by atoms with Gasteiger partial charge in [-0.2, -0.15) is 0 Å². The number of nitrogens with zero attached hydrogens (tertiary/aromatic N) is 1. The number of terminal acetylenes is 1. The van der Waals surface area contributed by atoms with Crippen LogP contribution in [-0.4, -0.2) is 5.84 Å². The zero-order valence-electron chi connectivity index (χ0n) is 10.9. The minimum Gasteiger partial charge on any atom is -0.344 e. The summed E-state index contributed by atoms with van der Waals surface area (Å²) in [5.74, 6) is 3.55. The van der Waals surface area contributed by atoms with Gasteiger partial charge in [0.15, 0.2) is 0 Å². The van der Waals surface area contributed by atoms with Crippen LogP contribution in [-0.2, 0) is 0 Å². The minimum atomic E-state index is 0.809. The normalized spacial score (nSPS) is 10.8. The molecule has 0 aliphatic carbocycles. The van der Waals surface area contributed by atoms with Gasteiger partial charge in [-0.1, -0.05) is 43.2 Å². The van der Waals surface area contributed by atoms with Crippen LogP contribution < -0.4 is 5.32 Å². The van der Waals surface area contributed by atoms with E-state index in [0.29, 0.717) is 0 Å². The number of hydrogen-bond donors (Lipinski definition) is 1. The number of rotatable bonds is 3. The lowest BCUT2D eigenvalue weighted by Gasteiger charge is -2.08. The van der Waals surface area contributed by atoms with Crippen LogP contribution in [0.3, 0.4) is 0 Å².